The van der Waals surface area contributed by atoms with Gasteiger partial charge < -0.3 is 14.6 Å². The normalized spacial score (nSPS) is 12.3. The Balaban J connectivity index is 1.97. The van der Waals surface area contributed by atoms with Crippen LogP contribution in [-0.2, 0) is 10.0 Å². The third kappa shape index (κ3) is 6.57. The van der Waals surface area contributed by atoms with Gasteiger partial charge in [-0.25, -0.2) is 12.8 Å². The lowest BCUT2D eigenvalue weighted by Gasteiger charge is -2.29. The zero-order valence-corrected chi connectivity index (χ0v) is 25.6. The van der Waals surface area contributed by atoms with Crippen LogP contribution in [0.2, 0.25) is 0 Å². The van der Waals surface area contributed by atoms with Crippen LogP contribution in [0.3, 0.4) is 0 Å². The first kappa shape index (κ1) is 32.5. The highest BCUT2D eigenvalue weighted by molar-refractivity contribution is 7.92. The van der Waals surface area contributed by atoms with Crippen molar-refractivity contribution in [3.8, 4) is 17.2 Å². The van der Waals surface area contributed by atoms with Crippen LogP contribution >= 0.6 is 0 Å². The first-order chi connectivity index (χ1) is 20.3. The molecule has 2 N–H and O–H groups in total. The van der Waals surface area contributed by atoms with Gasteiger partial charge in [0, 0.05) is 22.7 Å². The second kappa shape index (κ2) is 11.6. The highest BCUT2D eigenvalue weighted by Gasteiger charge is 2.48. The van der Waals surface area contributed by atoms with E-state index in [9.17, 15) is 35.6 Å². The second-order valence-electron chi connectivity index (χ2n) is 11.0. The van der Waals surface area contributed by atoms with E-state index in [0.717, 1.165) is 13.8 Å². The van der Waals surface area contributed by atoms with Gasteiger partial charge in [-0.3, -0.25) is 14.3 Å². The first-order valence-corrected chi connectivity index (χ1v) is 15.1. The van der Waals surface area contributed by atoms with Crippen LogP contribution in [0.1, 0.15) is 47.8 Å². The molecule has 0 fully saturated rings. The number of rotatable bonds is 8. The molecule has 1 amide bonds. The Bertz CT molecular complexity index is 1930. The third-order valence-corrected chi connectivity index (χ3v) is 8.40. The molecular weight excluding hydrogens is 602 g/mol. The number of carbonyl (C=O) groups is 1. The molecule has 4 aromatic rings. The smallest absolute Gasteiger partial charge is 0.410 e. The minimum absolute atomic E-state index is 0.144. The summed E-state index contributed by atoms with van der Waals surface area (Å²) in [5.74, 6) is -1.17. The van der Waals surface area contributed by atoms with Gasteiger partial charge in [-0.05, 0) is 101 Å². The Kier molecular flexibility index (Phi) is 8.58. The number of alkyl halides is 3. The molecule has 44 heavy (non-hydrogen) atoms. The van der Waals surface area contributed by atoms with Crippen LogP contribution in [-0.4, -0.2) is 36.4 Å². The highest BCUT2D eigenvalue weighted by atomic mass is 32.2. The maximum absolute atomic E-state index is 14.0. The van der Waals surface area contributed by atoms with Gasteiger partial charge >= 0.3 is 6.18 Å². The van der Waals surface area contributed by atoms with Gasteiger partial charge in [-0.15, -0.1) is 0 Å². The van der Waals surface area contributed by atoms with E-state index in [2.05, 4.69) is 4.72 Å². The summed E-state index contributed by atoms with van der Waals surface area (Å²) in [5.41, 5.74) is -1.29. The van der Waals surface area contributed by atoms with Crippen molar-refractivity contribution in [2.75, 3.05) is 10.5 Å². The van der Waals surface area contributed by atoms with E-state index in [1.54, 1.807) is 20.8 Å². The van der Waals surface area contributed by atoms with Gasteiger partial charge in [0.15, 0.2) is 11.2 Å². The molecule has 234 valence electrons. The minimum atomic E-state index is -4.73. The lowest BCUT2D eigenvalue weighted by molar-refractivity contribution is -0.182. The fourth-order valence-corrected chi connectivity index (χ4v) is 5.13. The molecular formula is C31H31F4N3O5S. The fourth-order valence-electron chi connectivity index (χ4n) is 4.50. The largest absolute Gasteiger partial charge is 0.455 e. The summed E-state index contributed by atoms with van der Waals surface area (Å²) in [7, 11) is -3.70. The van der Waals surface area contributed by atoms with Gasteiger partial charge in [0.2, 0.25) is 10.0 Å². The molecule has 0 unspecified atom stereocenters. The standard InChI is InChI=1S/C31H31F4N3O5S/c1-7-44(41,42)37-22-9-11-26(43-28-17(2)12-21(32)13-18(28)3)25(15-22)38-16-19(4)27(39)23-10-8-20(14-24(23)38)29(40)36-30(5,6)31(33,34)35/h8-16,37H,7H2,1-6H3,(H,36,40). The Hall–Kier alpha value is -4.39. The van der Waals surface area contributed by atoms with Crippen LogP contribution in [0.5, 0.6) is 11.5 Å². The van der Waals surface area contributed by atoms with Gasteiger partial charge in [0.25, 0.3) is 5.91 Å². The second-order valence-corrected chi connectivity index (χ2v) is 13.0. The van der Waals surface area contributed by atoms with Gasteiger partial charge in [-0.1, -0.05) is 0 Å². The number of sulfonamides is 1. The maximum atomic E-state index is 14.0. The molecule has 4 rings (SSSR count). The van der Waals surface area contributed by atoms with E-state index >= 15 is 0 Å². The molecule has 0 saturated carbocycles. The molecule has 0 saturated heterocycles. The molecule has 0 bridgehead atoms. The molecule has 1 heterocycles. The Morgan fingerprint density at radius 2 is 1.59 bits per heavy atom. The molecule has 0 aliphatic rings. The number of pyridine rings is 1. The zero-order chi connectivity index (χ0) is 32.8. The molecule has 0 aliphatic heterocycles. The van der Waals surface area contributed by atoms with E-state index in [0.29, 0.717) is 16.9 Å². The summed E-state index contributed by atoms with van der Waals surface area (Å²) in [5, 5.41) is 2.13. The molecule has 0 radical (unpaired) electrons. The molecule has 0 aliphatic carbocycles. The van der Waals surface area contributed by atoms with Gasteiger partial charge in [-0.2, -0.15) is 13.2 Å². The molecule has 0 spiro atoms. The predicted molar refractivity (Wildman–Crippen MR) is 161 cm³/mol. The zero-order valence-electron chi connectivity index (χ0n) is 24.8. The summed E-state index contributed by atoms with van der Waals surface area (Å²) in [6.45, 7) is 7.99. The Morgan fingerprint density at radius 3 is 2.18 bits per heavy atom. The van der Waals surface area contributed by atoms with Crippen LogP contribution in [0, 0.1) is 26.6 Å². The quantitative estimate of drug-likeness (QED) is 0.211. The number of carbonyl (C=O) groups excluding carboxylic acids is 1. The third-order valence-electron chi connectivity index (χ3n) is 7.09. The topological polar surface area (TPSA) is 106 Å². The number of fused-ring (bicyclic) bond motifs is 1. The fraction of sp³-hybridized carbons (Fsp3) is 0.290. The van der Waals surface area contributed by atoms with Crippen molar-refractivity contribution in [1.82, 2.24) is 9.88 Å². The monoisotopic (exact) mass is 633 g/mol. The maximum Gasteiger partial charge on any atom is 0.410 e. The summed E-state index contributed by atoms with van der Waals surface area (Å²) in [6, 6.07) is 10.9. The summed E-state index contributed by atoms with van der Waals surface area (Å²) in [6.07, 6.45) is -3.27. The van der Waals surface area contributed by atoms with Crippen LogP contribution < -0.4 is 20.2 Å². The van der Waals surface area contributed by atoms with E-state index in [-0.39, 0.29) is 50.3 Å². The minimum Gasteiger partial charge on any atom is -0.455 e. The number of aryl methyl sites for hydroxylation is 3. The van der Waals surface area contributed by atoms with E-state index < -0.39 is 33.5 Å². The number of amides is 1. The van der Waals surface area contributed by atoms with Crippen molar-refractivity contribution < 1.29 is 35.5 Å². The number of aromatic nitrogens is 1. The average Bonchev–Trinajstić information content (AvgIpc) is 2.92. The highest BCUT2D eigenvalue weighted by Crippen LogP contribution is 2.36. The van der Waals surface area contributed by atoms with Crippen molar-refractivity contribution in [2.45, 2.75) is 53.3 Å². The average molecular weight is 634 g/mol. The number of hydrogen-bond acceptors (Lipinski definition) is 5. The molecule has 8 nitrogen and oxygen atoms in total. The number of nitrogens with one attached hydrogen (secondary N) is 2. The SMILES string of the molecule is CCS(=O)(=O)Nc1ccc(Oc2c(C)cc(F)cc2C)c(-n2cc(C)c(=O)c3ccc(C(=O)NC(C)(C)C(F)(F)F)cc32)c1. The number of nitrogens with zero attached hydrogens (tertiary/aromatic N) is 1. The van der Waals surface area contributed by atoms with Crippen LogP contribution in [0.4, 0.5) is 23.2 Å². The van der Waals surface area contributed by atoms with Crippen molar-refractivity contribution in [1.29, 1.82) is 0 Å². The molecule has 1 aromatic heterocycles. The lowest BCUT2D eigenvalue weighted by Crippen LogP contribution is -2.54. The van der Waals surface area contributed by atoms with Crippen LogP contribution in [0.15, 0.2) is 59.5 Å². The Morgan fingerprint density at radius 1 is 0.955 bits per heavy atom. The first-order valence-electron chi connectivity index (χ1n) is 13.5. The van der Waals surface area contributed by atoms with Crippen LogP contribution in [0.25, 0.3) is 16.6 Å². The van der Waals surface area contributed by atoms with Crippen molar-refractivity contribution in [3.63, 3.8) is 0 Å². The van der Waals surface area contributed by atoms with Crippen molar-refractivity contribution in [3.05, 3.63) is 93.0 Å². The number of ether oxygens (including phenoxy) is 1. The van der Waals surface area contributed by atoms with E-state index in [1.807, 2.05) is 5.32 Å². The number of benzene rings is 3. The summed E-state index contributed by atoms with van der Waals surface area (Å²) >= 11 is 0. The summed E-state index contributed by atoms with van der Waals surface area (Å²) in [4.78, 5) is 26.1. The van der Waals surface area contributed by atoms with Gasteiger partial charge in [0.1, 0.15) is 17.1 Å². The molecule has 0 atom stereocenters. The lowest BCUT2D eigenvalue weighted by atomic mass is 10.0. The van der Waals surface area contributed by atoms with E-state index in [1.165, 1.54) is 66.2 Å². The number of anilines is 1. The predicted octanol–water partition coefficient (Wildman–Crippen LogP) is 6.68. The molecule has 3 aromatic carbocycles. The number of halogens is 4. The van der Waals surface area contributed by atoms with Gasteiger partial charge in [0.05, 0.1) is 22.6 Å². The van der Waals surface area contributed by atoms with Crippen molar-refractivity contribution >= 4 is 32.5 Å². The van der Waals surface area contributed by atoms with E-state index in [4.69, 9.17) is 4.74 Å². The summed E-state index contributed by atoms with van der Waals surface area (Å²) < 4.78 is 89.4. The van der Waals surface area contributed by atoms with Crippen molar-refractivity contribution in [2.24, 2.45) is 0 Å². The Labute approximate surface area is 251 Å². The molecule has 13 heteroatoms. The number of hydrogen-bond donors (Lipinski definition) is 2.